The maximum atomic E-state index is 5.55. The number of nitrogens with one attached hydrogen (secondary N) is 1. The molecular weight excluding hydrogens is 200 g/mol. The lowest BCUT2D eigenvalue weighted by Gasteiger charge is -2.39. The van der Waals surface area contributed by atoms with Gasteiger partial charge in [-0.05, 0) is 31.7 Å². The molecule has 0 aromatic carbocycles. The lowest BCUT2D eigenvalue weighted by molar-refractivity contribution is -0.0145. The fourth-order valence-electron chi connectivity index (χ4n) is 2.95. The first kappa shape index (κ1) is 12.3. The van der Waals surface area contributed by atoms with Crippen LogP contribution in [0.15, 0.2) is 0 Å². The van der Waals surface area contributed by atoms with E-state index in [0.29, 0.717) is 12.1 Å². The zero-order valence-corrected chi connectivity index (χ0v) is 10.7. The Balaban J connectivity index is 1.82. The highest BCUT2D eigenvalue weighted by molar-refractivity contribution is 4.83. The van der Waals surface area contributed by atoms with Crippen molar-refractivity contribution >= 4 is 0 Å². The molecule has 0 amide bonds. The van der Waals surface area contributed by atoms with E-state index in [1.54, 1.807) is 0 Å². The second kappa shape index (κ2) is 5.99. The van der Waals surface area contributed by atoms with Gasteiger partial charge >= 0.3 is 0 Å². The van der Waals surface area contributed by atoms with Crippen LogP contribution < -0.4 is 5.32 Å². The normalized spacial score (nSPS) is 37.5. The predicted molar refractivity (Wildman–Crippen MR) is 66.7 cm³/mol. The van der Waals surface area contributed by atoms with Gasteiger partial charge in [0.25, 0.3) is 0 Å². The number of piperidine rings is 1. The number of hydrogen-bond donors (Lipinski definition) is 1. The highest BCUT2D eigenvalue weighted by atomic mass is 16.5. The van der Waals surface area contributed by atoms with Crippen molar-refractivity contribution in [3.63, 3.8) is 0 Å². The number of ether oxygens (including phenoxy) is 1. The minimum Gasteiger partial charge on any atom is -0.378 e. The Bertz CT molecular complexity index is 210. The van der Waals surface area contributed by atoms with Crippen molar-refractivity contribution in [2.45, 2.75) is 45.2 Å². The molecule has 0 spiro atoms. The van der Waals surface area contributed by atoms with Crippen molar-refractivity contribution in [1.82, 2.24) is 10.2 Å². The minimum absolute atomic E-state index is 0.646. The fourth-order valence-corrected chi connectivity index (χ4v) is 2.95. The molecule has 0 aromatic rings. The van der Waals surface area contributed by atoms with Gasteiger partial charge in [-0.2, -0.15) is 0 Å². The van der Waals surface area contributed by atoms with E-state index in [1.807, 2.05) is 0 Å². The van der Waals surface area contributed by atoms with E-state index in [4.69, 9.17) is 4.74 Å². The first-order valence-corrected chi connectivity index (χ1v) is 6.84. The van der Waals surface area contributed by atoms with E-state index >= 15 is 0 Å². The summed E-state index contributed by atoms with van der Waals surface area (Å²) in [5.41, 5.74) is 0. The summed E-state index contributed by atoms with van der Waals surface area (Å²) < 4.78 is 5.55. The van der Waals surface area contributed by atoms with Crippen molar-refractivity contribution in [2.24, 2.45) is 5.92 Å². The Labute approximate surface area is 99.5 Å². The van der Waals surface area contributed by atoms with Crippen LogP contribution in [0.5, 0.6) is 0 Å². The summed E-state index contributed by atoms with van der Waals surface area (Å²) in [4.78, 5) is 2.62. The van der Waals surface area contributed by atoms with Crippen LogP contribution in [0.4, 0.5) is 0 Å². The second-order valence-corrected chi connectivity index (χ2v) is 5.41. The van der Waals surface area contributed by atoms with Gasteiger partial charge in [0.15, 0.2) is 0 Å². The zero-order chi connectivity index (χ0) is 11.4. The topological polar surface area (TPSA) is 24.5 Å². The lowest BCUT2D eigenvalue weighted by Crippen LogP contribution is -2.52. The summed E-state index contributed by atoms with van der Waals surface area (Å²) in [6.07, 6.45) is 3.90. The van der Waals surface area contributed by atoms with E-state index in [9.17, 15) is 0 Å². The Kier molecular flexibility index (Phi) is 4.62. The molecule has 0 aliphatic carbocycles. The first-order valence-electron chi connectivity index (χ1n) is 6.84. The van der Waals surface area contributed by atoms with Gasteiger partial charge in [-0.15, -0.1) is 0 Å². The van der Waals surface area contributed by atoms with E-state index in [2.05, 4.69) is 24.1 Å². The molecule has 0 saturated carbocycles. The Morgan fingerprint density at radius 1 is 1.44 bits per heavy atom. The first-order chi connectivity index (χ1) is 7.79. The van der Waals surface area contributed by atoms with Crippen molar-refractivity contribution in [3.05, 3.63) is 0 Å². The van der Waals surface area contributed by atoms with Gasteiger partial charge in [0, 0.05) is 25.2 Å². The van der Waals surface area contributed by atoms with Crippen molar-refractivity contribution in [2.75, 3.05) is 32.8 Å². The number of hydrogen-bond acceptors (Lipinski definition) is 3. The Morgan fingerprint density at radius 2 is 2.31 bits per heavy atom. The van der Waals surface area contributed by atoms with E-state index < -0.39 is 0 Å². The average Bonchev–Trinajstić information content (AvgIpc) is 2.30. The van der Waals surface area contributed by atoms with Gasteiger partial charge in [0.1, 0.15) is 0 Å². The largest absolute Gasteiger partial charge is 0.378 e. The summed E-state index contributed by atoms with van der Waals surface area (Å²) in [6, 6.07) is 1.35. The van der Waals surface area contributed by atoms with Crippen LogP contribution >= 0.6 is 0 Å². The van der Waals surface area contributed by atoms with E-state index in [1.165, 1.54) is 32.4 Å². The van der Waals surface area contributed by atoms with Crippen LogP contribution in [0.25, 0.3) is 0 Å². The molecule has 0 bridgehead atoms. The van der Waals surface area contributed by atoms with Crippen molar-refractivity contribution < 1.29 is 4.74 Å². The standard InChI is InChI=1S/C13H26N2O/c1-3-13-10-16-7-6-15(13)9-12-8-11(2)4-5-14-12/h11-14H,3-10H2,1-2H3. The maximum Gasteiger partial charge on any atom is 0.0622 e. The third-order valence-electron chi connectivity index (χ3n) is 4.03. The van der Waals surface area contributed by atoms with Gasteiger partial charge in [0.05, 0.1) is 13.2 Å². The molecule has 0 radical (unpaired) electrons. The Morgan fingerprint density at radius 3 is 3.06 bits per heavy atom. The molecule has 2 fully saturated rings. The second-order valence-electron chi connectivity index (χ2n) is 5.41. The molecule has 2 saturated heterocycles. The maximum absolute atomic E-state index is 5.55. The van der Waals surface area contributed by atoms with Crippen LogP contribution in [-0.2, 0) is 4.74 Å². The third kappa shape index (κ3) is 3.19. The van der Waals surface area contributed by atoms with Crippen LogP contribution in [-0.4, -0.2) is 49.8 Å². The molecule has 3 nitrogen and oxygen atoms in total. The molecular formula is C13H26N2O. The SMILES string of the molecule is CCC1COCCN1CC1CC(C)CCN1. The molecule has 3 atom stereocenters. The summed E-state index contributed by atoms with van der Waals surface area (Å²) in [5.74, 6) is 0.896. The predicted octanol–water partition coefficient (Wildman–Crippen LogP) is 1.49. The monoisotopic (exact) mass is 226 g/mol. The molecule has 16 heavy (non-hydrogen) atoms. The third-order valence-corrected chi connectivity index (χ3v) is 4.03. The fraction of sp³-hybridized carbons (Fsp3) is 1.00. The summed E-state index contributed by atoms with van der Waals surface area (Å²) >= 11 is 0. The molecule has 1 N–H and O–H groups in total. The van der Waals surface area contributed by atoms with Gasteiger partial charge < -0.3 is 10.1 Å². The van der Waals surface area contributed by atoms with Crippen LogP contribution in [0, 0.1) is 5.92 Å². The molecule has 94 valence electrons. The van der Waals surface area contributed by atoms with Crippen molar-refractivity contribution in [1.29, 1.82) is 0 Å². The zero-order valence-electron chi connectivity index (χ0n) is 10.7. The number of nitrogens with zero attached hydrogens (tertiary/aromatic N) is 1. The number of morpholine rings is 1. The minimum atomic E-state index is 0.646. The van der Waals surface area contributed by atoms with E-state index in [-0.39, 0.29) is 0 Å². The molecule has 3 heteroatoms. The summed E-state index contributed by atoms with van der Waals surface area (Å²) in [6.45, 7) is 10.0. The van der Waals surface area contributed by atoms with E-state index in [0.717, 1.165) is 25.7 Å². The van der Waals surface area contributed by atoms with Crippen LogP contribution in [0.3, 0.4) is 0 Å². The summed E-state index contributed by atoms with van der Waals surface area (Å²) in [7, 11) is 0. The average molecular weight is 226 g/mol. The van der Waals surface area contributed by atoms with Gasteiger partial charge in [-0.3, -0.25) is 4.90 Å². The molecule has 2 aliphatic heterocycles. The molecule has 3 unspecified atom stereocenters. The molecule has 2 rings (SSSR count). The van der Waals surface area contributed by atoms with Crippen LogP contribution in [0.1, 0.15) is 33.1 Å². The lowest BCUT2D eigenvalue weighted by atomic mass is 9.93. The van der Waals surface area contributed by atoms with Gasteiger partial charge in [-0.1, -0.05) is 13.8 Å². The highest BCUT2D eigenvalue weighted by Crippen LogP contribution is 2.18. The smallest absolute Gasteiger partial charge is 0.0622 e. The molecule has 0 aromatic heterocycles. The van der Waals surface area contributed by atoms with Gasteiger partial charge in [-0.25, -0.2) is 0 Å². The van der Waals surface area contributed by atoms with Crippen LogP contribution in [0.2, 0.25) is 0 Å². The highest BCUT2D eigenvalue weighted by Gasteiger charge is 2.26. The summed E-state index contributed by atoms with van der Waals surface area (Å²) in [5, 5.41) is 3.66. The van der Waals surface area contributed by atoms with Crippen molar-refractivity contribution in [3.8, 4) is 0 Å². The molecule has 2 heterocycles. The quantitative estimate of drug-likeness (QED) is 0.789. The molecule has 2 aliphatic rings. The Hall–Kier alpha value is -0.120. The number of rotatable bonds is 3. The van der Waals surface area contributed by atoms with Gasteiger partial charge in [0.2, 0.25) is 0 Å².